The van der Waals surface area contributed by atoms with Crippen molar-refractivity contribution in [3.8, 4) is 0 Å². The summed E-state index contributed by atoms with van der Waals surface area (Å²) in [6.45, 7) is 4.80. The normalized spacial score (nSPS) is 27.9. The summed E-state index contributed by atoms with van der Waals surface area (Å²) in [7, 11) is 0. The molecule has 0 fully saturated rings. The fourth-order valence-corrected chi connectivity index (χ4v) is 2.26. The third kappa shape index (κ3) is 1.13. The van der Waals surface area contributed by atoms with E-state index < -0.39 is 0 Å². The van der Waals surface area contributed by atoms with Crippen LogP contribution < -0.4 is 0 Å². The first-order chi connectivity index (χ1) is 5.42. The Morgan fingerprint density at radius 3 is 2.64 bits per heavy atom. The fourth-order valence-electron chi connectivity index (χ4n) is 2.26. The highest BCUT2D eigenvalue weighted by Crippen LogP contribution is 2.20. The van der Waals surface area contributed by atoms with Gasteiger partial charge in [-0.2, -0.15) is 0 Å². The van der Waals surface area contributed by atoms with E-state index in [0.717, 1.165) is 0 Å². The predicted molar refractivity (Wildman–Crippen MR) is 47.2 cm³/mol. The lowest BCUT2D eigenvalue weighted by Gasteiger charge is -2.11. The van der Waals surface area contributed by atoms with Crippen molar-refractivity contribution in [1.29, 1.82) is 0 Å². The molecule has 0 N–H and O–H groups in total. The molecule has 0 aromatic carbocycles. The first-order valence-electron chi connectivity index (χ1n) is 4.68. The summed E-state index contributed by atoms with van der Waals surface area (Å²) in [4.78, 5) is 0. The van der Waals surface area contributed by atoms with Gasteiger partial charge < -0.3 is 0 Å². The van der Waals surface area contributed by atoms with Crippen LogP contribution in [0.25, 0.3) is 0 Å². The van der Waals surface area contributed by atoms with Crippen LogP contribution in [0.1, 0.15) is 32.6 Å². The van der Waals surface area contributed by atoms with Crippen molar-refractivity contribution in [2.24, 2.45) is 0 Å². The number of hydrogen-bond donors (Lipinski definition) is 0. The largest absolute Gasteiger partial charge is 0.233 e. The SMILES string of the molecule is C/C=C1\CCC[N+]2=C1CCC2. The molecule has 0 spiro atoms. The Bertz CT molecular complexity index is 223. The topological polar surface area (TPSA) is 3.01 Å². The lowest BCUT2D eigenvalue weighted by Crippen LogP contribution is -2.23. The molecule has 0 bridgehead atoms. The molecule has 1 nitrogen and oxygen atoms in total. The predicted octanol–water partition coefficient (Wildman–Crippen LogP) is 1.97. The van der Waals surface area contributed by atoms with Gasteiger partial charge in [-0.15, -0.1) is 0 Å². The van der Waals surface area contributed by atoms with Gasteiger partial charge in [-0.05, 0) is 13.3 Å². The molecule has 0 unspecified atom stereocenters. The van der Waals surface area contributed by atoms with Gasteiger partial charge in [-0.3, -0.25) is 0 Å². The second kappa shape index (κ2) is 2.80. The number of allylic oxidation sites excluding steroid dienone is 2. The minimum atomic E-state index is 1.31. The maximum Gasteiger partial charge on any atom is 0.179 e. The molecule has 0 amide bonds. The van der Waals surface area contributed by atoms with E-state index in [1.807, 2.05) is 0 Å². The van der Waals surface area contributed by atoms with Crippen LogP contribution in [0.15, 0.2) is 11.6 Å². The highest BCUT2D eigenvalue weighted by Gasteiger charge is 2.27. The third-order valence-corrected chi connectivity index (χ3v) is 2.82. The Balaban J connectivity index is 2.32. The van der Waals surface area contributed by atoms with Crippen molar-refractivity contribution >= 4 is 5.71 Å². The van der Waals surface area contributed by atoms with E-state index in [1.165, 1.54) is 38.8 Å². The minimum Gasteiger partial charge on any atom is -0.233 e. The Morgan fingerprint density at radius 2 is 1.91 bits per heavy atom. The van der Waals surface area contributed by atoms with Gasteiger partial charge in [0.25, 0.3) is 0 Å². The van der Waals surface area contributed by atoms with Gasteiger partial charge >= 0.3 is 0 Å². The second-order valence-corrected chi connectivity index (χ2v) is 3.45. The van der Waals surface area contributed by atoms with E-state index in [2.05, 4.69) is 17.6 Å². The Kier molecular flexibility index (Phi) is 1.80. The molecule has 0 aromatic heterocycles. The Hall–Kier alpha value is -0.590. The lowest BCUT2D eigenvalue weighted by molar-refractivity contribution is -0.522. The van der Waals surface area contributed by atoms with Crippen molar-refractivity contribution in [2.75, 3.05) is 13.1 Å². The molecule has 0 radical (unpaired) electrons. The second-order valence-electron chi connectivity index (χ2n) is 3.45. The summed E-state index contributed by atoms with van der Waals surface area (Å²) < 4.78 is 2.57. The van der Waals surface area contributed by atoms with Gasteiger partial charge in [0.1, 0.15) is 13.1 Å². The average Bonchev–Trinajstić information content (AvgIpc) is 2.50. The Morgan fingerprint density at radius 1 is 1.18 bits per heavy atom. The molecule has 2 rings (SSSR count). The highest BCUT2D eigenvalue weighted by atomic mass is 15.0. The number of nitrogens with zero attached hydrogens (tertiary/aromatic N) is 1. The molecule has 60 valence electrons. The quantitative estimate of drug-likeness (QED) is 0.464. The third-order valence-electron chi connectivity index (χ3n) is 2.82. The molecule has 2 heterocycles. The van der Waals surface area contributed by atoms with Gasteiger partial charge in [0, 0.05) is 24.8 Å². The summed E-state index contributed by atoms with van der Waals surface area (Å²) in [6, 6.07) is 0. The van der Waals surface area contributed by atoms with Crippen molar-refractivity contribution in [3.63, 3.8) is 0 Å². The molecule has 0 atom stereocenters. The summed E-state index contributed by atoms with van der Waals surface area (Å²) >= 11 is 0. The molecule has 0 saturated carbocycles. The van der Waals surface area contributed by atoms with E-state index in [4.69, 9.17) is 0 Å². The van der Waals surface area contributed by atoms with E-state index >= 15 is 0 Å². The molecule has 2 aliphatic heterocycles. The monoisotopic (exact) mass is 150 g/mol. The zero-order chi connectivity index (χ0) is 7.68. The van der Waals surface area contributed by atoms with Crippen LogP contribution in [-0.2, 0) is 0 Å². The van der Waals surface area contributed by atoms with Gasteiger partial charge in [-0.25, -0.2) is 4.58 Å². The van der Waals surface area contributed by atoms with Crippen molar-refractivity contribution in [1.82, 2.24) is 0 Å². The summed E-state index contributed by atoms with van der Waals surface area (Å²) in [6.07, 6.45) is 7.70. The molecule has 11 heavy (non-hydrogen) atoms. The van der Waals surface area contributed by atoms with Gasteiger partial charge in [0.2, 0.25) is 0 Å². The average molecular weight is 150 g/mol. The Labute approximate surface area is 68.4 Å². The number of hydrogen-bond acceptors (Lipinski definition) is 0. The first-order valence-corrected chi connectivity index (χ1v) is 4.68. The van der Waals surface area contributed by atoms with Crippen LogP contribution in [0.3, 0.4) is 0 Å². The molecule has 0 aromatic rings. The molecular formula is C10H16N+. The van der Waals surface area contributed by atoms with E-state index in [1.54, 1.807) is 11.3 Å². The van der Waals surface area contributed by atoms with Gasteiger partial charge in [0.05, 0.1) is 0 Å². The molecule has 0 aliphatic carbocycles. The molecular weight excluding hydrogens is 134 g/mol. The standard InChI is InChI=1S/C10H16N/c1-2-9-5-3-7-11-8-4-6-10(9)11/h2H,3-8H2,1H3/q+1/b9-2+. The number of rotatable bonds is 0. The van der Waals surface area contributed by atoms with Crippen molar-refractivity contribution in [3.05, 3.63) is 11.6 Å². The smallest absolute Gasteiger partial charge is 0.179 e. The zero-order valence-corrected chi connectivity index (χ0v) is 7.27. The summed E-state index contributed by atoms with van der Waals surface area (Å²) in [5.74, 6) is 0. The van der Waals surface area contributed by atoms with Crippen molar-refractivity contribution in [2.45, 2.75) is 32.6 Å². The van der Waals surface area contributed by atoms with Crippen LogP contribution in [0.4, 0.5) is 0 Å². The summed E-state index contributed by atoms with van der Waals surface area (Å²) in [5.41, 5.74) is 3.27. The summed E-state index contributed by atoms with van der Waals surface area (Å²) in [5, 5.41) is 0. The molecule has 0 saturated heterocycles. The van der Waals surface area contributed by atoms with Crippen LogP contribution in [0, 0.1) is 0 Å². The van der Waals surface area contributed by atoms with Crippen LogP contribution in [0.2, 0.25) is 0 Å². The van der Waals surface area contributed by atoms with Crippen molar-refractivity contribution < 1.29 is 4.58 Å². The lowest BCUT2D eigenvalue weighted by atomic mass is 10.0. The van der Waals surface area contributed by atoms with Crippen LogP contribution >= 0.6 is 0 Å². The fraction of sp³-hybridized carbons (Fsp3) is 0.700. The minimum absolute atomic E-state index is 1.31. The van der Waals surface area contributed by atoms with E-state index in [9.17, 15) is 0 Å². The maximum atomic E-state index is 2.57. The van der Waals surface area contributed by atoms with E-state index in [-0.39, 0.29) is 0 Å². The zero-order valence-electron chi connectivity index (χ0n) is 7.27. The highest BCUT2D eigenvalue weighted by molar-refractivity contribution is 5.97. The first kappa shape index (κ1) is 7.08. The molecule has 1 heteroatoms. The van der Waals surface area contributed by atoms with E-state index in [0.29, 0.717) is 0 Å². The van der Waals surface area contributed by atoms with Gasteiger partial charge in [0.15, 0.2) is 5.71 Å². The van der Waals surface area contributed by atoms with Crippen LogP contribution in [0.5, 0.6) is 0 Å². The maximum absolute atomic E-state index is 2.57. The van der Waals surface area contributed by atoms with Crippen LogP contribution in [-0.4, -0.2) is 23.4 Å². The molecule has 2 aliphatic rings. The van der Waals surface area contributed by atoms with Gasteiger partial charge in [-0.1, -0.05) is 6.08 Å².